The first-order valence-electron chi connectivity index (χ1n) is 7.20. The first kappa shape index (κ1) is 13.0. The Balaban J connectivity index is 1.48. The molecule has 0 spiro atoms. The lowest BCUT2D eigenvalue weighted by atomic mass is 9.97. The van der Waals surface area contributed by atoms with Crippen LogP contribution in [0, 0.1) is 0 Å². The maximum absolute atomic E-state index is 12.0. The van der Waals surface area contributed by atoms with Crippen LogP contribution in [0.5, 0.6) is 0 Å². The van der Waals surface area contributed by atoms with E-state index in [1.165, 1.54) is 11.1 Å². The summed E-state index contributed by atoms with van der Waals surface area (Å²) in [6.07, 6.45) is 5.19. The van der Waals surface area contributed by atoms with Gasteiger partial charge in [0.1, 0.15) is 5.76 Å². The van der Waals surface area contributed by atoms with Crippen LogP contribution >= 0.6 is 0 Å². The third-order valence-electron chi connectivity index (χ3n) is 3.96. The summed E-state index contributed by atoms with van der Waals surface area (Å²) in [5, 5.41) is 2.98. The van der Waals surface area contributed by atoms with Crippen molar-refractivity contribution in [2.45, 2.75) is 31.6 Å². The predicted octanol–water partition coefficient (Wildman–Crippen LogP) is 3.06. The summed E-state index contributed by atoms with van der Waals surface area (Å²) in [4.78, 5) is 12.0. The van der Waals surface area contributed by atoms with Gasteiger partial charge in [0.05, 0.1) is 6.26 Å². The minimum Gasteiger partial charge on any atom is -0.469 e. The average molecular weight is 269 g/mol. The van der Waals surface area contributed by atoms with Gasteiger partial charge in [0.25, 0.3) is 0 Å². The molecule has 0 bridgehead atoms. The number of amides is 1. The topological polar surface area (TPSA) is 42.2 Å². The Bertz CT molecular complexity index is 574. The first-order valence-corrected chi connectivity index (χ1v) is 7.20. The molecule has 0 saturated heterocycles. The molecule has 1 atom stereocenters. The highest BCUT2D eigenvalue weighted by Gasteiger charge is 2.23. The minimum atomic E-state index is 0.137. The minimum absolute atomic E-state index is 0.137. The van der Waals surface area contributed by atoms with E-state index in [0.29, 0.717) is 18.9 Å². The average Bonchev–Trinajstić information content (AvgIpc) is 3.09. The van der Waals surface area contributed by atoms with Crippen molar-refractivity contribution in [1.82, 2.24) is 5.32 Å². The highest BCUT2D eigenvalue weighted by molar-refractivity contribution is 5.77. The van der Waals surface area contributed by atoms with E-state index in [1.807, 2.05) is 12.1 Å². The molecule has 3 rings (SSSR count). The maximum Gasteiger partial charge on any atom is 0.220 e. The molecule has 3 heteroatoms. The summed E-state index contributed by atoms with van der Waals surface area (Å²) >= 11 is 0. The number of benzene rings is 1. The quantitative estimate of drug-likeness (QED) is 0.906. The summed E-state index contributed by atoms with van der Waals surface area (Å²) < 4.78 is 5.24. The fraction of sp³-hybridized carbons (Fsp3) is 0.353. The molecule has 0 saturated carbocycles. The third-order valence-corrected chi connectivity index (χ3v) is 3.96. The van der Waals surface area contributed by atoms with E-state index >= 15 is 0 Å². The third kappa shape index (κ3) is 2.93. The fourth-order valence-electron chi connectivity index (χ4n) is 2.93. The van der Waals surface area contributed by atoms with Crippen molar-refractivity contribution >= 4 is 5.91 Å². The van der Waals surface area contributed by atoms with E-state index in [4.69, 9.17) is 4.42 Å². The second-order valence-corrected chi connectivity index (χ2v) is 5.32. The van der Waals surface area contributed by atoms with E-state index in [0.717, 1.165) is 25.0 Å². The summed E-state index contributed by atoms with van der Waals surface area (Å²) in [6.45, 7) is 0.640. The molecule has 0 unspecified atom stereocenters. The van der Waals surface area contributed by atoms with Gasteiger partial charge >= 0.3 is 0 Å². The van der Waals surface area contributed by atoms with Crippen molar-refractivity contribution < 1.29 is 9.21 Å². The highest BCUT2D eigenvalue weighted by Crippen LogP contribution is 2.34. The van der Waals surface area contributed by atoms with Gasteiger partial charge in [0, 0.05) is 19.4 Å². The summed E-state index contributed by atoms with van der Waals surface area (Å²) in [5.41, 5.74) is 2.76. The van der Waals surface area contributed by atoms with Crippen molar-refractivity contribution in [3.63, 3.8) is 0 Å². The van der Waals surface area contributed by atoms with Gasteiger partial charge in [-0.15, -0.1) is 0 Å². The normalized spacial score (nSPS) is 16.9. The van der Waals surface area contributed by atoms with Crippen LogP contribution in [0.1, 0.15) is 35.6 Å². The lowest BCUT2D eigenvalue weighted by Gasteiger charge is -2.11. The van der Waals surface area contributed by atoms with Crippen LogP contribution in [0.25, 0.3) is 0 Å². The Morgan fingerprint density at radius 3 is 3.00 bits per heavy atom. The number of aryl methyl sites for hydroxylation is 1. The number of rotatable bonds is 5. The van der Waals surface area contributed by atoms with Gasteiger partial charge in [-0.3, -0.25) is 4.79 Å². The monoisotopic (exact) mass is 269 g/mol. The Labute approximate surface area is 119 Å². The molecule has 0 radical (unpaired) electrons. The van der Waals surface area contributed by atoms with Crippen molar-refractivity contribution in [2.75, 3.05) is 6.54 Å². The molecule has 0 aliphatic heterocycles. The second kappa shape index (κ2) is 5.95. The Hall–Kier alpha value is -2.03. The Kier molecular flexibility index (Phi) is 3.86. The molecule has 1 aromatic heterocycles. The summed E-state index contributed by atoms with van der Waals surface area (Å²) in [6, 6.07) is 12.3. The number of hydrogen-bond acceptors (Lipinski definition) is 2. The number of carbonyl (C=O) groups is 1. The van der Waals surface area contributed by atoms with Gasteiger partial charge in [0.2, 0.25) is 5.91 Å². The smallest absolute Gasteiger partial charge is 0.220 e. The highest BCUT2D eigenvalue weighted by atomic mass is 16.3. The largest absolute Gasteiger partial charge is 0.469 e. The van der Waals surface area contributed by atoms with Crippen molar-refractivity contribution in [3.05, 3.63) is 59.5 Å². The zero-order valence-corrected chi connectivity index (χ0v) is 11.5. The van der Waals surface area contributed by atoms with E-state index in [1.54, 1.807) is 6.26 Å². The first-order chi connectivity index (χ1) is 9.83. The van der Waals surface area contributed by atoms with Crippen molar-refractivity contribution in [1.29, 1.82) is 0 Å². The predicted molar refractivity (Wildman–Crippen MR) is 77.5 cm³/mol. The van der Waals surface area contributed by atoms with Gasteiger partial charge in [-0.2, -0.15) is 0 Å². The number of fused-ring (bicyclic) bond motifs is 1. The van der Waals surface area contributed by atoms with Crippen LogP contribution in [-0.2, 0) is 17.6 Å². The van der Waals surface area contributed by atoms with Crippen LogP contribution in [0.2, 0.25) is 0 Å². The molecular weight excluding hydrogens is 250 g/mol. The molecule has 104 valence electrons. The molecular formula is C17H19NO2. The second-order valence-electron chi connectivity index (χ2n) is 5.32. The van der Waals surface area contributed by atoms with E-state index in [9.17, 15) is 4.79 Å². The van der Waals surface area contributed by atoms with Gasteiger partial charge < -0.3 is 9.73 Å². The lowest BCUT2D eigenvalue weighted by molar-refractivity contribution is -0.121. The molecule has 3 nitrogen and oxygen atoms in total. The molecule has 1 N–H and O–H groups in total. The molecule has 1 aromatic carbocycles. The van der Waals surface area contributed by atoms with E-state index < -0.39 is 0 Å². The number of carbonyl (C=O) groups excluding carboxylic acids is 1. The van der Waals surface area contributed by atoms with E-state index in [-0.39, 0.29) is 5.91 Å². The summed E-state index contributed by atoms with van der Waals surface area (Å²) in [5.74, 6) is 1.43. The molecule has 0 fully saturated rings. The van der Waals surface area contributed by atoms with Gasteiger partial charge in [-0.25, -0.2) is 0 Å². The molecule has 1 heterocycles. The van der Waals surface area contributed by atoms with Crippen molar-refractivity contribution in [3.8, 4) is 0 Å². The zero-order valence-electron chi connectivity index (χ0n) is 11.5. The molecule has 2 aromatic rings. The SMILES string of the molecule is O=C(C[C@@H]1CCc2ccccc21)NCCc1ccco1. The number of hydrogen-bond donors (Lipinski definition) is 1. The van der Waals surface area contributed by atoms with Crippen LogP contribution in [-0.4, -0.2) is 12.5 Å². The molecule has 20 heavy (non-hydrogen) atoms. The van der Waals surface area contributed by atoms with Gasteiger partial charge in [-0.05, 0) is 42.0 Å². The van der Waals surface area contributed by atoms with Crippen LogP contribution in [0.15, 0.2) is 47.1 Å². The standard InChI is InChI=1S/C17H19NO2/c19-17(18-10-9-15-5-3-11-20-15)12-14-8-7-13-4-1-2-6-16(13)14/h1-6,11,14H,7-10,12H2,(H,18,19)/t14-/m0/s1. The maximum atomic E-state index is 12.0. The summed E-state index contributed by atoms with van der Waals surface area (Å²) in [7, 11) is 0. The van der Waals surface area contributed by atoms with E-state index in [2.05, 4.69) is 29.6 Å². The molecule has 1 aliphatic carbocycles. The van der Waals surface area contributed by atoms with Gasteiger partial charge in [-0.1, -0.05) is 24.3 Å². The van der Waals surface area contributed by atoms with Crippen molar-refractivity contribution in [2.24, 2.45) is 0 Å². The lowest BCUT2D eigenvalue weighted by Crippen LogP contribution is -2.26. The Morgan fingerprint density at radius 2 is 2.15 bits per heavy atom. The fourth-order valence-corrected chi connectivity index (χ4v) is 2.93. The molecule has 1 amide bonds. The number of furan rings is 1. The van der Waals surface area contributed by atoms with Crippen LogP contribution < -0.4 is 5.32 Å². The van der Waals surface area contributed by atoms with Crippen LogP contribution in [0.3, 0.4) is 0 Å². The number of nitrogens with one attached hydrogen (secondary N) is 1. The zero-order chi connectivity index (χ0) is 13.8. The van der Waals surface area contributed by atoms with Gasteiger partial charge in [0.15, 0.2) is 0 Å². The van der Waals surface area contributed by atoms with Crippen LogP contribution in [0.4, 0.5) is 0 Å². The molecule has 1 aliphatic rings. The Morgan fingerprint density at radius 1 is 1.25 bits per heavy atom.